The van der Waals surface area contributed by atoms with E-state index in [1.807, 2.05) is 6.92 Å². The lowest BCUT2D eigenvalue weighted by Gasteiger charge is -2.07. The molecule has 1 aromatic carbocycles. The van der Waals surface area contributed by atoms with E-state index in [2.05, 4.69) is 11.1 Å². The van der Waals surface area contributed by atoms with Gasteiger partial charge in [-0.1, -0.05) is 6.07 Å². The first-order valence-corrected chi connectivity index (χ1v) is 5.09. The molecule has 4 heteroatoms. The number of rotatable bonds is 2. The van der Waals surface area contributed by atoms with Gasteiger partial charge in [0.05, 0.1) is 23.5 Å². The first kappa shape index (κ1) is 11.0. The van der Waals surface area contributed by atoms with E-state index in [1.165, 1.54) is 6.20 Å². The molecule has 17 heavy (non-hydrogen) atoms. The van der Waals surface area contributed by atoms with Gasteiger partial charge in [0.1, 0.15) is 5.75 Å². The number of ether oxygens (including phenoxy) is 1. The molecule has 0 aliphatic rings. The van der Waals surface area contributed by atoms with Crippen molar-refractivity contribution in [3.63, 3.8) is 0 Å². The maximum atomic E-state index is 8.78. The molecule has 0 saturated carbocycles. The van der Waals surface area contributed by atoms with Gasteiger partial charge < -0.3 is 10.5 Å². The normalized spacial score (nSPS) is 9.65. The summed E-state index contributed by atoms with van der Waals surface area (Å²) in [6.45, 7) is 1.87. The SMILES string of the molecule is Cc1cc(N)cnc1Oc1cccc(C#N)c1. The summed E-state index contributed by atoms with van der Waals surface area (Å²) in [6, 6.07) is 10.8. The standard InChI is InChI=1S/C13H11N3O/c1-9-5-11(15)8-16-13(9)17-12-4-2-3-10(6-12)7-14/h2-6,8H,15H2,1H3. The van der Waals surface area contributed by atoms with Gasteiger partial charge in [-0.2, -0.15) is 5.26 Å². The second kappa shape index (κ2) is 4.54. The van der Waals surface area contributed by atoms with Crippen LogP contribution in [0.5, 0.6) is 11.6 Å². The maximum absolute atomic E-state index is 8.78. The maximum Gasteiger partial charge on any atom is 0.222 e. The van der Waals surface area contributed by atoms with E-state index in [9.17, 15) is 0 Å². The second-order valence-electron chi connectivity index (χ2n) is 3.63. The van der Waals surface area contributed by atoms with Crippen LogP contribution in [0.1, 0.15) is 11.1 Å². The molecule has 2 N–H and O–H groups in total. The van der Waals surface area contributed by atoms with E-state index in [4.69, 9.17) is 15.7 Å². The van der Waals surface area contributed by atoms with Gasteiger partial charge in [-0.05, 0) is 31.2 Å². The van der Waals surface area contributed by atoms with Crippen LogP contribution >= 0.6 is 0 Å². The third kappa shape index (κ3) is 2.52. The molecule has 0 unspecified atom stereocenters. The molecular formula is C13H11N3O. The number of benzene rings is 1. The lowest BCUT2D eigenvalue weighted by atomic mass is 10.2. The van der Waals surface area contributed by atoms with E-state index in [0.717, 1.165) is 5.56 Å². The van der Waals surface area contributed by atoms with E-state index in [-0.39, 0.29) is 0 Å². The molecule has 1 heterocycles. The molecule has 2 aromatic rings. The monoisotopic (exact) mass is 225 g/mol. The lowest BCUT2D eigenvalue weighted by molar-refractivity contribution is 0.459. The summed E-state index contributed by atoms with van der Waals surface area (Å²) in [5, 5.41) is 8.78. The van der Waals surface area contributed by atoms with Gasteiger partial charge in [-0.3, -0.25) is 0 Å². The summed E-state index contributed by atoms with van der Waals surface area (Å²) in [5.74, 6) is 1.08. The van der Waals surface area contributed by atoms with Crippen molar-refractivity contribution in [1.29, 1.82) is 5.26 Å². The number of pyridine rings is 1. The molecule has 0 atom stereocenters. The van der Waals surface area contributed by atoms with Crippen LogP contribution in [0.25, 0.3) is 0 Å². The first-order valence-electron chi connectivity index (χ1n) is 5.09. The average Bonchev–Trinajstić information content (AvgIpc) is 2.33. The minimum Gasteiger partial charge on any atom is -0.439 e. The Morgan fingerprint density at radius 2 is 2.18 bits per heavy atom. The van der Waals surface area contributed by atoms with E-state index in [1.54, 1.807) is 30.3 Å². The Morgan fingerprint density at radius 3 is 2.88 bits per heavy atom. The molecule has 0 bridgehead atoms. The molecule has 0 fully saturated rings. The molecule has 2 rings (SSSR count). The van der Waals surface area contributed by atoms with Crippen molar-refractivity contribution in [3.8, 4) is 17.7 Å². The Kier molecular flexibility index (Phi) is 2.93. The van der Waals surface area contributed by atoms with Crippen molar-refractivity contribution < 1.29 is 4.74 Å². The Bertz CT molecular complexity index is 587. The number of hydrogen-bond acceptors (Lipinski definition) is 4. The zero-order valence-electron chi connectivity index (χ0n) is 9.34. The first-order chi connectivity index (χ1) is 8.19. The van der Waals surface area contributed by atoms with Crippen molar-refractivity contribution >= 4 is 5.69 Å². The van der Waals surface area contributed by atoms with Crippen molar-refractivity contribution in [1.82, 2.24) is 4.98 Å². The number of aromatic nitrogens is 1. The van der Waals surface area contributed by atoms with Gasteiger partial charge >= 0.3 is 0 Å². The van der Waals surface area contributed by atoms with E-state index in [0.29, 0.717) is 22.9 Å². The molecule has 0 amide bonds. The van der Waals surface area contributed by atoms with Crippen LogP contribution in [-0.4, -0.2) is 4.98 Å². The average molecular weight is 225 g/mol. The van der Waals surface area contributed by atoms with Crippen LogP contribution in [-0.2, 0) is 0 Å². The van der Waals surface area contributed by atoms with Crippen LogP contribution in [0.15, 0.2) is 36.5 Å². The summed E-state index contributed by atoms with van der Waals surface area (Å²) in [4.78, 5) is 4.10. The second-order valence-corrected chi connectivity index (χ2v) is 3.63. The molecule has 0 aliphatic heterocycles. The highest BCUT2D eigenvalue weighted by molar-refractivity contribution is 5.44. The molecular weight excluding hydrogens is 214 g/mol. The molecule has 0 spiro atoms. The highest BCUT2D eigenvalue weighted by Gasteiger charge is 2.04. The predicted octanol–water partition coefficient (Wildman–Crippen LogP) is 2.64. The van der Waals surface area contributed by atoms with Gasteiger partial charge in [-0.25, -0.2) is 4.98 Å². The number of anilines is 1. The molecule has 0 saturated heterocycles. The zero-order chi connectivity index (χ0) is 12.3. The number of nitriles is 1. The van der Waals surface area contributed by atoms with Gasteiger partial charge in [0, 0.05) is 5.56 Å². The van der Waals surface area contributed by atoms with Crippen LogP contribution in [0, 0.1) is 18.3 Å². The van der Waals surface area contributed by atoms with Crippen LogP contribution in [0.2, 0.25) is 0 Å². The van der Waals surface area contributed by atoms with Gasteiger partial charge in [0.25, 0.3) is 0 Å². The predicted molar refractivity (Wildman–Crippen MR) is 64.6 cm³/mol. The fourth-order valence-corrected chi connectivity index (χ4v) is 1.43. The zero-order valence-corrected chi connectivity index (χ0v) is 9.34. The molecule has 84 valence electrons. The Labute approximate surface area is 99.3 Å². The number of nitrogens with zero attached hydrogens (tertiary/aromatic N) is 2. The van der Waals surface area contributed by atoms with Crippen LogP contribution in [0.4, 0.5) is 5.69 Å². The van der Waals surface area contributed by atoms with Gasteiger partial charge in [-0.15, -0.1) is 0 Å². The minimum absolute atomic E-state index is 0.495. The topological polar surface area (TPSA) is 71.9 Å². The summed E-state index contributed by atoms with van der Waals surface area (Å²) in [6.07, 6.45) is 1.54. The van der Waals surface area contributed by atoms with E-state index < -0.39 is 0 Å². The van der Waals surface area contributed by atoms with Crippen molar-refractivity contribution in [3.05, 3.63) is 47.7 Å². The third-order valence-electron chi connectivity index (χ3n) is 2.23. The fourth-order valence-electron chi connectivity index (χ4n) is 1.43. The molecule has 0 aliphatic carbocycles. The number of hydrogen-bond donors (Lipinski definition) is 1. The molecule has 4 nitrogen and oxygen atoms in total. The number of nitrogen functional groups attached to an aromatic ring is 1. The largest absolute Gasteiger partial charge is 0.439 e. The summed E-state index contributed by atoms with van der Waals surface area (Å²) >= 11 is 0. The highest BCUT2D eigenvalue weighted by Crippen LogP contribution is 2.24. The third-order valence-corrected chi connectivity index (χ3v) is 2.23. The smallest absolute Gasteiger partial charge is 0.222 e. The Hall–Kier alpha value is -2.54. The Balaban J connectivity index is 2.28. The highest BCUT2D eigenvalue weighted by atomic mass is 16.5. The quantitative estimate of drug-likeness (QED) is 0.852. The van der Waals surface area contributed by atoms with Crippen molar-refractivity contribution in [2.75, 3.05) is 5.73 Å². The minimum atomic E-state index is 0.495. The van der Waals surface area contributed by atoms with E-state index >= 15 is 0 Å². The van der Waals surface area contributed by atoms with Crippen LogP contribution < -0.4 is 10.5 Å². The Morgan fingerprint density at radius 1 is 1.35 bits per heavy atom. The van der Waals surface area contributed by atoms with Crippen LogP contribution in [0.3, 0.4) is 0 Å². The van der Waals surface area contributed by atoms with Gasteiger partial charge in [0.15, 0.2) is 0 Å². The summed E-state index contributed by atoms with van der Waals surface area (Å²) in [7, 11) is 0. The number of aryl methyl sites for hydroxylation is 1. The lowest BCUT2D eigenvalue weighted by Crippen LogP contribution is -1.94. The summed E-state index contributed by atoms with van der Waals surface area (Å²) in [5.41, 5.74) is 7.61. The van der Waals surface area contributed by atoms with Gasteiger partial charge in [0.2, 0.25) is 5.88 Å². The van der Waals surface area contributed by atoms with Crippen molar-refractivity contribution in [2.24, 2.45) is 0 Å². The summed E-state index contributed by atoms with van der Waals surface area (Å²) < 4.78 is 5.59. The number of nitrogens with two attached hydrogens (primary N) is 1. The molecule has 0 radical (unpaired) electrons. The fraction of sp³-hybridized carbons (Fsp3) is 0.0769. The molecule has 1 aromatic heterocycles. The van der Waals surface area contributed by atoms with Crippen molar-refractivity contribution in [2.45, 2.75) is 6.92 Å².